The number of piperidine rings is 1. The van der Waals surface area contributed by atoms with E-state index in [4.69, 9.17) is 15.0 Å². The maximum absolute atomic E-state index is 13.3. The van der Waals surface area contributed by atoms with Crippen LogP contribution in [0.3, 0.4) is 0 Å². The van der Waals surface area contributed by atoms with Gasteiger partial charge < -0.3 is 30.3 Å². The number of ether oxygens (including phenoxy) is 1. The first-order valence-electron chi connectivity index (χ1n) is 19.1. The molecule has 0 aliphatic carbocycles. The molecule has 0 radical (unpaired) electrons. The number of amides is 4. The molecule has 2 aromatic carbocycles. The van der Waals surface area contributed by atoms with E-state index in [-0.39, 0.29) is 36.8 Å². The standard InChI is InChI=1S/C40H46F3N9O6/c1-39(57,38(56)46-29-6-5-27(25-44)32(23-29)40(41,42)43)26-58-31-9-7-30(8-10-31)51-19-15-49(16-20-51)13-14-50-17-21-52(22-18-50)34-4-2-3-28(45-34)24-36(54)47-33-11-12-35(53)48-37(33)55/h2-10,23,33,57H,11-22,24,26H2,1H3,(H,46,56)(H,47,54)(H,48,53,55)/t33?,39-/m0/s1. The summed E-state index contributed by atoms with van der Waals surface area (Å²) < 4.78 is 45.6. The minimum absolute atomic E-state index is 0.0391. The SMILES string of the molecule is C[C@](O)(COc1ccc(N2CCN(CCN3CCN(c4cccc(CC(=O)NC5CCC(=O)NC5=O)n4)CC3)CC2)cc1)C(=O)Nc1ccc(C#N)c(C(F)(F)F)c1. The number of carbonyl (C=O) groups excluding carboxylic acids is 4. The number of pyridine rings is 1. The summed E-state index contributed by atoms with van der Waals surface area (Å²) in [5, 5.41) is 26.9. The second-order valence-corrected chi connectivity index (χ2v) is 14.8. The molecule has 4 N–H and O–H groups in total. The number of aliphatic hydroxyl groups is 1. The van der Waals surface area contributed by atoms with Gasteiger partial charge in [0.2, 0.25) is 17.7 Å². The van der Waals surface area contributed by atoms with Gasteiger partial charge in [0.05, 0.1) is 29.3 Å². The number of hydrogen-bond acceptors (Lipinski definition) is 12. The molecule has 4 heterocycles. The largest absolute Gasteiger partial charge is 0.490 e. The van der Waals surface area contributed by atoms with Gasteiger partial charge in [0, 0.05) is 83.2 Å². The predicted molar refractivity (Wildman–Crippen MR) is 207 cm³/mol. The Morgan fingerprint density at radius 2 is 1.60 bits per heavy atom. The van der Waals surface area contributed by atoms with Gasteiger partial charge in [0.15, 0.2) is 5.60 Å². The van der Waals surface area contributed by atoms with E-state index >= 15 is 0 Å². The average Bonchev–Trinajstić information content (AvgIpc) is 3.20. The van der Waals surface area contributed by atoms with E-state index in [2.05, 4.69) is 35.6 Å². The molecule has 3 fully saturated rings. The number of carbonyl (C=O) groups is 4. The Morgan fingerprint density at radius 3 is 2.22 bits per heavy atom. The Hall–Kier alpha value is -5.77. The summed E-state index contributed by atoms with van der Waals surface area (Å²) >= 11 is 0. The fraction of sp³-hybridized carbons (Fsp3) is 0.450. The highest BCUT2D eigenvalue weighted by molar-refractivity contribution is 6.01. The molecule has 58 heavy (non-hydrogen) atoms. The quantitative estimate of drug-likeness (QED) is 0.185. The van der Waals surface area contributed by atoms with Crippen molar-refractivity contribution in [2.75, 3.05) is 87.2 Å². The van der Waals surface area contributed by atoms with Gasteiger partial charge in [-0.05, 0) is 67.9 Å². The van der Waals surface area contributed by atoms with Crippen molar-refractivity contribution in [3.05, 3.63) is 77.5 Å². The minimum atomic E-state index is -4.79. The van der Waals surface area contributed by atoms with E-state index < -0.39 is 47.4 Å². The zero-order valence-electron chi connectivity index (χ0n) is 32.1. The number of alkyl halides is 3. The van der Waals surface area contributed by atoms with Gasteiger partial charge in [-0.2, -0.15) is 18.4 Å². The number of hydrogen-bond donors (Lipinski definition) is 4. The average molecular weight is 806 g/mol. The highest BCUT2D eigenvalue weighted by Crippen LogP contribution is 2.34. The summed E-state index contributed by atoms with van der Waals surface area (Å²) in [4.78, 5) is 62.8. The van der Waals surface area contributed by atoms with Crippen molar-refractivity contribution >= 4 is 40.8 Å². The fourth-order valence-electron chi connectivity index (χ4n) is 6.96. The normalized spacial score (nSPS) is 19.1. The number of halogens is 3. The van der Waals surface area contributed by atoms with Crippen LogP contribution in [0.15, 0.2) is 60.7 Å². The third-order valence-electron chi connectivity index (χ3n) is 10.4. The van der Waals surface area contributed by atoms with Gasteiger partial charge in [0.25, 0.3) is 5.91 Å². The number of nitriles is 1. The summed E-state index contributed by atoms with van der Waals surface area (Å²) in [7, 11) is 0. The summed E-state index contributed by atoms with van der Waals surface area (Å²) in [5.41, 5.74) is -2.44. The lowest BCUT2D eigenvalue weighted by atomic mass is 10.1. The molecule has 3 saturated heterocycles. The molecule has 0 bridgehead atoms. The highest BCUT2D eigenvalue weighted by atomic mass is 19.4. The van der Waals surface area contributed by atoms with Crippen molar-refractivity contribution in [1.29, 1.82) is 5.26 Å². The van der Waals surface area contributed by atoms with Crippen molar-refractivity contribution in [2.45, 2.75) is 44.0 Å². The number of benzene rings is 2. The Morgan fingerprint density at radius 1 is 0.948 bits per heavy atom. The number of anilines is 3. The van der Waals surface area contributed by atoms with Crippen molar-refractivity contribution < 1.29 is 42.2 Å². The molecule has 0 spiro atoms. The maximum Gasteiger partial charge on any atom is 0.417 e. The van der Waals surface area contributed by atoms with Gasteiger partial charge >= 0.3 is 6.18 Å². The molecule has 1 unspecified atom stereocenters. The van der Waals surface area contributed by atoms with Crippen LogP contribution >= 0.6 is 0 Å². The first-order chi connectivity index (χ1) is 27.7. The van der Waals surface area contributed by atoms with Gasteiger partial charge in [-0.1, -0.05) is 6.07 Å². The summed E-state index contributed by atoms with van der Waals surface area (Å²) in [6.07, 6.45) is -4.27. The lowest BCUT2D eigenvalue weighted by molar-refractivity contribution is -0.138. The topological polar surface area (TPSA) is 183 Å². The predicted octanol–water partition coefficient (Wildman–Crippen LogP) is 2.15. The molecular formula is C40H46F3N9O6. The van der Waals surface area contributed by atoms with Crippen LogP contribution in [-0.4, -0.2) is 127 Å². The van der Waals surface area contributed by atoms with Crippen molar-refractivity contribution in [3.8, 4) is 11.8 Å². The maximum atomic E-state index is 13.3. The van der Waals surface area contributed by atoms with E-state index in [0.717, 1.165) is 89.1 Å². The summed E-state index contributed by atoms with van der Waals surface area (Å²) in [6.45, 7) is 9.48. The number of nitrogens with zero attached hydrogens (tertiary/aromatic N) is 6. The van der Waals surface area contributed by atoms with E-state index in [0.29, 0.717) is 17.5 Å². The van der Waals surface area contributed by atoms with Crippen LogP contribution in [0, 0.1) is 11.3 Å². The Labute approximate surface area is 333 Å². The molecule has 18 heteroatoms. The molecule has 1 aromatic heterocycles. The van der Waals surface area contributed by atoms with E-state index in [1.54, 1.807) is 18.2 Å². The molecule has 6 rings (SSSR count). The third kappa shape index (κ3) is 11.0. The van der Waals surface area contributed by atoms with Crippen LogP contribution in [-0.2, 0) is 31.8 Å². The van der Waals surface area contributed by atoms with Gasteiger partial charge in [-0.25, -0.2) is 4.98 Å². The second kappa shape index (κ2) is 18.2. The first kappa shape index (κ1) is 41.9. The number of nitrogens with one attached hydrogen (secondary N) is 3. The number of piperazine rings is 2. The fourth-order valence-corrected chi connectivity index (χ4v) is 6.96. The first-order valence-corrected chi connectivity index (χ1v) is 19.1. The third-order valence-corrected chi connectivity index (χ3v) is 10.4. The number of rotatable bonds is 13. The molecular weight excluding hydrogens is 759 g/mol. The van der Waals surface area contributed by atoms with Crippen LogP contribution in [0.1, 0.15) is 36.6 Å². The van der Waals surface area contributed by atoms with Crippen molar-refractivity contribution in [2.24, 2.45) is 0 Å². The van der Waals surface area contributed by atoms with Crippen LogP contribution in [0.5, 0.6) is 5.75 Å². The second-order valence-electron chi connectivity index (χ2n) is 14.8. The Balaban J connectivity index is 0.883. The molecule has 3 aromatic rings. The van der Waals surface area contributed by atoms with Crippen LogP contribution in [0.2, 0.25) is 0 Å². The molecule has 4 amide bonds. The smallest absolute Gasteiger partial charge is 0.417 e. The van der Waals surface area contributed by atoms with Crippen LogP contribution < -0.4 is 30.5 Å². The van der Waals surface area contributed by atoms with Gasteiger partial charge in [-0.3, -0.25) is 34.3 Å². The van der Waals surface area contributed by atoms with Gasteiger partial charge in [0.1, 0.15) is 24.2 Å². The molecule has 308 valence electrons. The van der Waals surface area contributed by atoms with Crippen LogP contribution in [0.25, 0.3) is 0 Å². The van der Waals surface area contributed by atoms with E-state index in [1.807, 2.05) is 24.3 Å². The van der Waals surface area contributed by atoms with Gasteiger partial charge in [-0.15, -0.1) is 0 Å². The minimum Gasteiger partial charge on any atom is -0.490 e. The zero-order valence-corrected chi connectivity index (χ0v) is 32.1. The van der Waals surface area contributed by atoms with E-state index in [1.165, 1.54) is 13.0 Å². The number of imide groups is 1. The van der Waals surface area contributed by atoms with Crippen molar-refractivity contribution in [3.63, 3.8) is 0 Å². The lowest BCUT2D eigenvalue weighted by Gasteiger charge is -2.39. The van der Waals surface area contributed by atoms with Crippen LogP contribution in [0.4, 0.5) is 30.4 Å². The Kier molecular flexibility index (Phi) is 13.1. The molecule has 3 aliphatic rings. The summed E-state index contributed by atoms with van der Waals surface area (Å²) in [6, 6.07) is 16.4. The lowest BCUT2D eigenvalue weighted by Crippen LogP contribution is -2.52. The molecule has 3 aliphatic heterocycles. The molecule has 2 atom stereocenters. The number of aromatic nitrogens is 1. The van der Waals surface area contributed by atoms with Crippen molar-refractivity contribution in [1.82, 2.24) is 25.4 Å². The highest BCUT2D eigenvalue weighted by Gasteiger charge is 2.36. The monoisotopic (exact) mass is 805 g/mol. The Bertz CT molecular complexity index is 2010. The molecule has 0 saturated carbocycles. The zero-order chi connectivity index (χ0) is 41.5. The molecule has 15 nitrogen and oxygen atoms in total. The summed E-state index contributed by atoms with van der Waals surface area (Å²) in [5.74, 6) is -0.872. The van der Waals surface area contributed by atoms with E-state index in [9.17, 15) is 37.5 Å².